The summed E-state index contributed by atoms with van der Waals surface area (Å²) >= 11 is 0. The van der Waals surface area contributed by atoms with Gasteiger partial charge in [0.25, 0.3) is 0 Å². The zero-order valence-corrected chi connectivity index (χ0v) is 6.41. The summed E-state index contributed by atoms with van der Waals surface area (Å²) in [4.78, 5) is 0. The van der Waals surface area contributed by atoms with Crippen LogP contribution in [0.25, 0.3) is 0 Å². The predicted octanol–water partition coefficient (Wildman–Crippen LogP) is 2.00. The second-order valence-corrected chi connectivity index (χ2v) is 2.67. The van der Waals surface area contributed by atoms with Crippen LogP contribution in [-0.4, -0.2) is 6.54 Å². The Balaban J connectivity index is 2.72. The molecule has 1 fully saturated rings. The van der Waals surface area contributed by atoms with Gasteiger partial charge < -0.3 is 5.32 Å². The molecule has 1 nitrogen and oxygen atoms in total. The molecule has 0 spiro atoms. The van der Waals surface area contributed by atoms with Crippen molar-refractivity contribution in [2.45, 2.75) is 13.3 Å². The van der Waals surface area contributed by atoms with Crippen molar-refractivity contribution in [3.8, 4) is 0 Å². The molecule has 0 aromatic heterocycles. The van der Waals surface area contributed by atoms with Crippen molar-refractivity contribution < 1.29 is 0 Å². The van der Waals surface area contributed by atoms with Gasteiger partial charge in [-0.2, -0.15) is 0 Å². The fourth-order valence-corrected chi connectivity index (χ4v) is 1.07. The van der Waals surface area contributed by atoms with Crippen LogP contribution in [-0.2, 0) is 0 Å². The Morgan fingerprint density at radius 1 is 1.70 bits per heavy atom. The molecular formula is C9H13N. The molecule has 0 unspecified atom stereocenters. The Hall–Kier alpha value is -0.980. The van der Waals surface area contributed by atoms with Gasteiger partial charge in [0.05, 0.1) is 0 Å². The first-order chi connectivity index (χ1) is 4.70. The highest BCUT2D eigenvalue weighted by atomic mass is 14.9. The fraction of sp³-hybridized carbons (Fsp3) is 0.333. The first kappa shape index (κ1) is 7.13. The standard InChI is InChI=1S/C9H13N/c1-7(2)6-9-4-5-10-8(9)3/h6,10H,1,3-5H2,2H3/b9-6-. The predicted molar refractivity (Wildman–Crippen MR) is 44.7 cm³/mol. The molecule has 1 heteroatoms. The average molecular weight is 135 g/mol. The number of hydrogen-bond acceptors (Lipinski definition) is 1. The van der Waals surface area contributed by atoms with E-state index in [1.165, 1.54) is 5.57 Å². The highest BCUT2D eigenvalue weighted by Gasteiger charge is 2.08. The van der Waals surface area contributed by atoms with Crippen LogP contribution < -0.4 is 5.32 Å². The largest absolute Gasteiger partial charge is 0.385 e. The highest BCUT2D eigenvalue weighted by Crippen LogP contribution is 2.17. The molecule has 54 valence electrons. The molecule has 0 amide bonds. The van der Waals surface area contributed by atoms with E-state index in [4.69, 9.17) is 0 Å². The van der Waals surface area contributed by atoms with Crippen molar-refractivity contribution >= 4 is 0 Å². The van der Waals surface area contributed by atoms with Crippen LogP contribution in [0.2, 0.25) is 0 Å². The molecule has 1 aliphatic heterocycles. The lowest BCUT2D eigenvalue weighted by Crippen LogP contribution is -2.01. The van der Waals surface area contributed by atoms with Gasteiger partial charge in [0, 0.05) is 12.2 Å². The van der Waals surface area contributed by atoms with Crippen LogP contribution in [0, 0.1) is 0 Å². The first-order valence-corrected chi connectivity index (χ1v) is 3.49. The third-order valence-corrected chi connectivity index (χ3v) is 1.54. The molecule has 0 saturated carbocycles. The second kappa shape index (κ2) is 2.74. The summed E-state index contributed by atoms with van der Waals surface area (Å²) in [5.41, 5.74) is 3.45. The van der Waals surface area contributed by atoms with Gasteiger partial charge in [0.15, 0.2) is 0 Å². The third kappa shape index (κ3) is 1.50. The molecule has 10 heavy (non-hydrogen) atoms. The normalized spacial score (nSPS) is 21.3. The monoisotopic (exact) mass is 135 g/mol. The van der Waals surface area contributed by atoms with E-state index in [0.717, 1.165) is 24.2 Å². The van der Waals surface area contributed by atoms with Gasteiger partial charge in [-0.05, 0) is 18.9 Å². The molecule has 0 bridgehead atoms. The van der Waals surface area contributed by atoms with Gasteiger partial charge in [-0.25, -0.2) is 0 Å². The van der Waals surface area contributed by atoms with Crippen LogP contribution in [0.5, 0.6) is 0 Å². The molecule has 1 aliphatic rings. The maximum atomic E-state index is 3.87. The third-order valence-electron chi connectivity index (χ3n) is 1.54. The lowest BCUT2D eigenvalue weighted by atomic mass is 10.1. The highest BCUT2D eigenvalue weighted by molar-refractivity contribution is 5.36. The van der Waals surface area contributed by atoms with Crippen LogP contribution in [0.1, 0.15) is 13.3 Å². The summed E-state index contributed by atoms with van der Waals surface area (Å²) in [6, 6.07) is 0. The molecule has 1 N–H and O–H groups in total. The van der Waals surface area contributed by atoms with Crippen molar-refractivity contribution in [1.29, 1.82) is 0 Å². The Bertz CT molecular complexity index is 199. The van der Waals surface area contributed by atoms with Gasteiger partial charge in [0.1, 0.15) is 0 Å². The molecule has 0 atom stereocenters. The fourth-order valence-electron chi connectivity index (χ4n) is 1.07. The summed E-state index contributed by atoms with van der Waals surface area (Å²) in [5.74, 6) is 0. The van der Waals surface area contributed by atoms with Gasteiger partial charge in [-0.1, -0.05) is 24.8 Å². The average Bonchev–Trinajstić information content (AvgIpc) is 2.15. The van der Waals surface area contributed by atoms with E-state index >= 15 is 0 Å². The topological polar surface area (TPSA) is 12.0 Å². The first-order valence-electron chi connectivity index (χ1n) is 3.49. The number of hydrogen-bond donors (Lipinski definition) is 1. The zero-order valence-electron chi connectivity index (χ0n) is 6.41. The Labute approximate surface area is 62.1 Å². The van der Waals surface area contributed by atoms with E-state index in [9.17, 15) is 0 Å². The van der Waals surface area contributed by atoms with E-state index in [0.29, 0.717) is 0 Å². The van der Waals surface area contributed by atoms with Crippen LogP contribution in [0.15, 0.2) is 36.1 Å². The maximum absolute atomic E-state index is 3.87. The van der Waals surface area contributed by atoms with Crippen molar-refractivity contribution in [3.05, 3.63) is 36.1 Å². The van der Waals surface area contributed by atoms with Crippen LogP contribution >= 0.6 is 0 Å². The van der Waals surface area contributed by atoms with Crippen molar-refractivity contribution in [2.24, 2.45) is 0 Å². The maximum Gasteiger partial charge on any atom is 0.0300 e. The van der Waals surface area contributed by atoms with E-state index in [2.05, 4.69) is 24.6 Å². The minimum Gasteiger partial charge on any atom is -0.385 e. The summed E-state index contributed by atoms with van der Waals surface area (Å²) in [6.45, 7) is 10.7. The number of rotatable bonds is 1. The minimum absolute atomic E-state index is 1.03. The van der Waals surface area contributed by atoms with Gasteiger partial charge >= 0.3 is 0 Å². The van der Waals surface area contributed by atoms with E-state index in [-0.39, 0.29) is 0 Å². The Morgan fingerprint density at radius 2 is 2.40 bits per heavy atom. The molecule has 0 aromatic carbocycles. The molecule has 0 aliphatic carbocycles. The van der Waals surface area contributed by atoms with Crippen molar-refractivity contribution in [1.82, 2.24) is 5.32 Å². The Kier molecular flexibility index (Phi) is 1.95. The van der Waals surface area contributed by atoms with E-state index < -0.39 is 0 Å². The van der Waals surface area contributed by atoms with E-state index in [1.54, 1.807) is 0 Å². The molecular weight excluding hydrogens is 122 g/mol. The molecule has 0 aromatic rings. The second-order valence-electron chi connectivity index (χ2n) is 2.67. The smallest absolute Gasteiger partial charge is 0.0300 e. The van der Waals surface area contributed by atoms with Crippen molar-refractivity contribution in [3.63, 3.8) is 0 Å². The summed E-state index contributed by atoms with van der Waals surface area (Å²) in [7, 11) is 0. The summed E-state index contributed by atoms with van der Waals surface area (Å²) in [5, 5.41) is 3.17. The summed E-state index contributed by atoms with van der Waals surface area (Å²) in [6.07, 6.45) is 3.17. The molecule has 0 radical (unpaired) electrons. The molecule has 1 heterocycles. The SMILES string of the molecule is C=C(C)/C=C1/CCNC1=C. The number of allylic oxidation sites excluding steroid dienone is 3. The van der Waals surface area contributed by atoms with Crippen molar-refractivity contribution in [2.75, 3.05) is 6.54 Å². The molecule has 1 saturated heterocycles. The molecule has 1 rings (SSSR count). The van der Waals surface area contributed by atoms with Crippen LogP contribution in [0.4, 0.5) is 0 Å². The van der Waals surface area contributed by atoms with Gasteiger partial charge in [-0.3, -0.25) is 0 Å². The van der Waals surface area contributed by atoms with Crippen LogP contribution in [0.3, 0.4) is 0 Å². The van der Waals surface area contributed by atoms with Gasteiger partial charge in [0.2, 0.25) is 0 Å². The quantitative estimate of drug-likeness (QED) is 0.580. The van der Waals surface area contributed by atoms with Gasteiger partial charge in [-0.15, -0.1) is 0 Å². The minimum atomic E-state index is 1.03. The Morgan fingerprint density at radius 3 is 2.80 bits per heavy atom. The lowest BCUT2D eigenvalue weighted by molar-refractivity contribution is 0.917. The van der Waals surface area contributed by atoms with E-state index in [1.807, 2.05) is 6.92 Å². The summed E-state index contributed by atoms with van der Waals surface area (Å²) < 4.78 is 0. The lowest BCUT2D eigenvalue weighted by Gasteiger charge is -1.96. The number of nitrogens with one attached hydrogen (secondary N) is 1. The zero-order chi connectivity index (χ0) is 7.56.